The van der Waals surface area contributed by atoms with Crippen molar-refractivity contribution in [3.63, 3.8) is 0 Å². The van der Waals surface area contributed by atoms with Gasteiger partial charge in [0.05, 0.1) is 12.8 Å². The molecule has 6 nitrogen and oxygen atoms in total. The lowest BCUT2D eigenvalue weighted by Crippen LogP contribution is -2.31. The van der Waals surface area contributed by atoms with Crippen LogP contribution in [0, 0.1) is 17.0 Å². The van der Waals surface area contributed by atoms with E-state index in [9.17, 15) is 9.18 Å². The molecule has 2 saturated carbocycles. The lowest BCUT2D eigenvalue weighted by Gasteiger charge is -2.31. The van der Waals surface area contributed by atoms with Gasteiger partial charge in [-0.1, -0.05) is 0 Å². The maximum absolute atomic E-state index is 15.6. The van der Waals surface area contributed by atoms with Crippen LogP contribution < -0.4 is 20.3 Å². The SMILES string of the molecule is CCOC(=O)C1=CN(C2CC2)c2c(cc(F)c(N3CCC4(CC4N)C3)c2F)O1. The number of hydrogen-bond donors (Lipinski definition) is 1. The van der Waals surface area contributed by atoms with Gasteiger partial charge >= 0.3 is 5.97 Å². The van der Waals surface area contributed by atoms with Gasteiger partial charge in [-0.3, -0.25) is 0 Å². The second-order valence-electron chi connectivity index (χ2n) is 8.17. The zero-order valence-corrected chi connectivity index (χ0v) is 15.7. The Hall–Kier alpha value is -2.35. The molecule has 1 saturated heterocycles. The summed E-state index contributed by atoms with van der Waals surface area (Å²) < 4.78 is 41.0. The fourth-order valence-electron chi connectivity index (χ4n) is 4.39. The molecule has 28 heavy (non-hydrogen) atoms. The average Bonchev–Trinajstić information content (AvgIpc) is 3.55. The van der Waals surface area contributed by atoms with E-state index in [-0.39, 0.29) is 47.0 Å². The quantitative estimate of drug-likeness (QED) is 0.796. The summed E-state index contributed by atoms with van der Waals surface area (Å²) in [4.78, 5) is 15.6. The summed E-state index contributed by atoms with van der Waals surface area (Å²) >= 11 is 0. The van der Waals surface area contributed by atoms with Crippen molar-refractivity contribution in [2.75, 3.05) is 29.5 Å². The third-order valence-electron chi connectivity index (χ3n) is 6.24. The van der Waals surface area contributed by atoms with Crippen molar-refractivity contribution in [3.05, 3.63) is 29.7 Å². The number of rotatable bonds is 4. The van der Waals surface area contributed by atoms with Crippen molar-refractivity contribution >= 4 is 17.3 Å². The molecule has 2 aliphatic heterocycles. The molecule has 2 N–H and O–H groups in total. The molecule has 2 aliphatic carbocycles. The highest BCUT2D eigenvalue weighted by Gasteiger charge is 2.56. The van der Waals surface area contributed by atoms with E-state index >= 15 is 4.39 Å². The van der Waals surface area contributed by atoms with Crippen molar-refractivity contribution in [1.29, 1.82) is 0 Å². The number of hydrogen-bond acceptors (Lipinski definition) is 6. The summed E-state index contributed by atoms with van der Waals surface area (Å²) in [5.41, 5.74) is 6.19. The number of nitrogens with two attached hydrogens (primary N) is 1. The summed E-state index contributed by atoms with van der Waals surface area (Å²) in [6.07, 6.45) is 4.98. The molecular weight excluding hydrogens is 368 g/mol. The molecule has 1 aromatic rings. The van der Waals surface area contributed by atoms with Crippen LogP contribution in [0.2, 0.25) is 0 Å². The molecule has 4 aliphatic rings. The van der Waals surface area contributed by atoms with Gasteiger partial charge in [-0.15, -0.1) is 0 Å². The lowest BCUT2D eigenvalue weighted by atomic mass is 10.1. The van der Waals surface area contributed by atoms with Crippen molar-refractivity contribution in [1.82, 2.24) is 0 Å². The minimum atomic E-state index is -0.691. The van der Waals surface area contributed by atoms with Crippen molar-refractivity contribution in [2.24, 2.45) is 11.1 Å². The Kier molecular flexibility index (Phi) is 3.84. The number of fused-ring (bicyclic) bond motifs is 1. The third kappa shape index (κ3) is 2.65. The molecule has 0 amide bonds. The van der Waals surface area contributed by atoms with E-state index in [2.05, 4.69) is 0 Å². The summed E-state index contributed by atoms with van der Waals surface area (Å²) in [6.45, 7) is 3.02. The molecular formula is C20H23F2N3O3. The minimum Gasteiger partial charge on any atom is -0.460 e. The monoisotopic (exact) mass is 391 g/mol. The van der Waals surface area contributed by atoms with Crippen molar-refractivity contribution in [3.8, 4) is 5.75 Å². The van der Waals surface area contributed by atoms with Crippen LogP contribution in [0.1, 0.15) is 32.6 Å². The van der Waals surface area contributed by atoms with E-state index in [1.807, 2.05) is 0 Å². The van der Waals surface area contributed by atoms with Gasteiger partial charge in [0, 0.05) is 36.7 Å². The summed E-state index contributed by atoms with van der Waals surface area (Å²) in [5.74, 6) is -2.03. The molecule has 150 valence electrons. The predicted octanol–water partition coefficient (Wildman–Crippen LogP) is 2.66. The van der Waals surface area contributed by atoms with Crippen LogP contribution >= 0.6 is 0 Å². The van der Waals surface area contributed by atoms with Gasteiger partial charge in [0.15, 0.2) is 17.4 Å². The van der Waals surface area contributed by atoms with E-state index in [1.54, 1.807) is 16.7 Å². The Morgan fingerprint density at radius 3 is 2.75 bits per heavy atom. The van der Waals surface area contributed by atoms with Crippen LogP contribution in [0.3, 0.4) is 0 Å². The number of carbonyl (C=O) groups is 1. The smallest absolute Gasteiger partial charge is 0.375 e. The first kappa shape index (κ1) is 17.7. The standard InChI is InChI=1S/C20H23F2N3O3/c1-2-27-19(26)14-9-25(11-3-4-11)18-13(28-14)7-12(21)17(16(18)22)24-6-5-20(10-24)8-15(20)23/h7,9,11,15H,2-6,8,10,23H2,1H3. The van der Waals surface area contributed by atoms with E-state index in [1.165, 1.54) is 12.3 Å². The number of nitrogens with zero attached hydrogens (tertiary/aromatic N) is 2. The normalized spacial score (nSPS) is 28.1. The zero-order chi connectivity index (χ0) is 19.6. The van der Waals surface area contributed by atoms with E-state index in [0.717, 1.165) is 25.7 Å². The van der Waals surface area contributed by atoms with E-state index in [0.29, 0.717) is 13.1 Å². The molecule has 2 heterocycles. The minimum absolute atomic E-state index is 0.00154. The van der Waals surface area contributed by atoms with Crippen molar-refractivity contribution in [2.45, 2.75) is 44.7 Å². The van der Waals surface area contributed by atoms with Crippen LogP contribution in [0.4, 0.5) is 20.2 Å². The first-order valence-corrected chi connectivity index (χ1v) is 9.81. The number of ether oxygens (including phenoxy) is 2. The van der Waals surface area contributed by atoms with E-state index < -0.39 is 17.6 Å². The van der Waals surface area contributed by atoms with Gasteiger partial charge < -0.3 is 25.0 Å². The highest BCUT2D eigenvalue weighted by atomic mass is 19.1. The summed E-state index contributed by atoms with van der Waals surface area (Å²) in [6, 6.07) is 1.36. The molecule has 8 heteroatoms. The Balaban J connectivity index is 1.53. The molecule has 3 fully saturated rings. The maximum atomic E-state index is 15.6. The molecule has 0 radical (unpaired) electrons. The average molecular weight is 391 g/mol. The van der Waals surface area contributed by atoms with Gasteiger partial charge in [-0.25, -0.2) is 13.6 Å². The van der Waals surface area contributed by atoms with Gasteiger partial charge in [-0.05, 0) is 32.6 Å². The lowest BCUT2D eigenvalue weighted by molar-refractivity contribution is -0.141. The zero-order valence-electron chi connectivity index (χ0n) is 15.7. The molecule has 2 atom stereocenters. The molecule has 1 aromatic carbocycles. The number of carbonyl (C=O) groups excluding carboxylic acids is 1. The van der Waals surface area contributed by atoms with Crippen LogP contribution in [0.25, 0.3) is 0 Å². The third-order valence-corrected chi connectivity index (χ3v) is 6.24. The number of esters is 1. The van der Waals surface area contributed by atoms with Gasteiger partial charge in [0.1, 0.15) is 11.4 Å². The van der Waals surface area contributed by atoms with Crippen molar-refractivity contribution < 1.29 is 23.0 Å². The second-order valence-corrected chi connectivity index (χ2v) is 8.17. The molecule has 0 aromatic heterocycles. The van der Waals surface area contributed by atoms with Crippen LogP contribution in [0.15, 0.2) is 18.0 Å². The summed E-state index contributed by atoms with van der Waals surface area (Å²) in [7, 11) is 0. The Morgan fingerprint density at radius 1 is 1.39 bits per heavy atom. The van der Waals surface area contributed by atoms with Gasteiger partial charge in [0.25, 0.3) is 0 Å². The molecule has 0 bridgehead atoms. The van der Waals surface area contributed by atoms with Gasteiger partial charge in [0.2, 0.25) is 5.76 Å². The van der Waals surface area contributed by atoms with Gasteiger partial charge in [-0.2, -0.15) is 0 Å². The first-order chi connectivity index (χ1) is 13.4. The topological polar surface area (TPSA) is 68.0 Å². The largest absolute Gasteiger partial charge is 0.460 e. The Bertz CT molecular complexity index is 886. The van der Waals surface area contributed by atoms with E-state index in [4.69, 9.17) is 15.2 Å². The van der Waals surface area contributed by atoms with Crippen LogP contribution in [-0.4, -0.2) is 37.7 Å². The predicted molar refractivity (Wildman–Crippen MR) is 99.1 cm³/mol. The molecule has 1 spiro atoms. The summed E-state index contributed by atoms with van der Waals surface area (Å²) in [5, 5.41) is 0. The second kappa shape index (κ2) is 6.07. The molecule has 5 rings (SSSR count). The highest BCUT2D eigenvalue weighted by molar-refractivity contribution is 5.89. The Morgan fingerprint density at radius 2 is 2.14 bits per heavy atom. The van der Waals surface area contributed by atoms with Crippen LogP contribution in [0.5, 0.6) is 5.75 Å². The molecule has 2 unspecified atom stereocenters. The number of halogens is 2. The fraction of sp³-hybridized carbons (Fsp3) is 0.550. The first-order valence-electron chi connectivity index (χ1n) is 9.81. The Labute approximate surface area is 161 Å². The number of benzene rings is 1. The maximum Gasteiger partial charge on any atom is 0.375 e. The fourth-order valence-corrected chi connectivity index (χ4v) is 4.39. The highest BCUT2D eigenvalue weighted by Crippen LogP contribution is 2.54. The number of anilines is 2. The van der Waals surface area contributed by atoms with Crippen LogP contribution in [-0.2, 0) is 9.53 Å².